The largest absolute Gasteiger partial charge is 0.313 e. The lowest BCUT2D eigenvalue weighted by molar-refractivity contribution is 0.273. The molecule has 0 bridgehead atoms. The average molecular weight is 252 g/mol. The number of aromatic nitrogens is 2. The third-order valence-corrected chi connectivity index (χ3v) is 3.06. The number of nitrogens with zero attached hydrogens (tertiary/aromatic N) is 3. The Balaban J connectivity index is 2.37. The summed E-state index contributed by atoms with van der Waals surface area (Å²) in [5.74, 6) is 0. The van der Waals surface area contributed by atoms with Gasteiger partial charge in [-0.15, -0.1) is 0 Å². The number of hydrogen-bond donors (Lipinski definition) is 1. The van der Waals surface area contributed by atoms with Gasteiger partial charge in [-0.05, 0) is 26.4 Å². The zero-order valence-electron chi connectivity index (χ0n) is 12.3. The molecule has 0 aliphatic heterocycles. The lowest BCUT2D eigenvalue weighted by atomic mass is 10.1. The minimum Gasteiger partial charge on any atom is -0.313 e. The van der Waals surface area contributed by atoms with E-state index in [0.717, 1.165) is 19.6 Å². The molecule has 0 aromatic carbocycles. The molecule has 0 radical (unpaired) electrons. The monoisotopic (exact) mass is 252 g/mol. The second kappa shape index (κ2) is 8.27. The fraction of sp³-hybridized carbons (Fsp3) is 0.786. The number of aryl methyl sites for hydroxylation is 1. The third-order valence-electron chi connectivity index (χ3n) is 3.06. The van der Waals surface area contributed by atoms with Gasteiger partial charge in [-0.2, -0.15) is 5.10 Å². The lowest BCUT2D eigenvalue weighted by Crippen LogP contribution is -2.39. The summed E-state index contributed by atoms with van der Waals surface area (Å²) >= 11 is 0. The first-order valence-electron chi connectivity index (χ1n) is 7.05. The molecule has 0 saturated heterocycles. The van der Waals surface area contributed by atoms with E-state index in [2.05, 4.69) is 42.4 Å². The number of likely N-dealkylation sites (N-methyl/N-ethyl adjacent to an activating group) is 1. The molecular formula is C14H28N4. The topological polar surface area (TPSA) is 33.1 Å². The maximum absolute atomic E-state index is 4.21. The van der Waals surface area contributed by atoms with E-state index in [-0.39, 0.29) is 0 Å². The Bertz CT molecular complexity index is 321. The highest BCUT2D eigenvalue weighted by Crippen LogP contribution is 2.04. The van der Waals surface area contributed by atoms with Crippen LogP contribution in [0.25, 0.3) is 0 Å². The van der Waals surface area contributed by atoms with Crippen LogP contribution in [-0.4, -0.2) is 40.9 Å². The molecule has 4 nitrogen and oxygen atoms in total. The SMILES string of the molecule is CCCNC(CCC)CN(C)Cc1cnn(C)c1. The number of rotatable bonds is 9. The van der Waals surface area contributed by atoms with Crippen molar-refractivity contribution in [2.75, 3.05) is 20.1 Å². The van der Waals surface area contributed by atoms with Crippen molar-refractivity contribution >= 4 is 0 Å². The van der Waals surface area contributed by atoms with Crippen molar-refractivity contribution in [2.24, 2.45) is 7.05 Å². The Morgan fingerprint density at radius 1 is 1.39 bits per heavy atom. The van der Waals surface area contributed by atoms with Gasteiger partial charge in [0.1, 0.15) is 0 Å². The second-order valence-electron chi connectivity index (χ2n) is 5.16. The van der Waals surface area contributed by atoms with Gasteiger partial charge in [0, 0.05) is 37.9 Å². The molecule has 1 N–H and O–H groups in total. The van der Waals surface area contributed by atoms with Crippen LogP contribution < -0.4 is 5.32 Å². The molecule has 1 rings (SSSR count). The molecule has 1 aromatic heterocycles. The Morgan fingerprint density at radius 2 is 2.17 bits per heavy atom. The first-order chi connectivity index (χ1) is 8.65. The van der Waals surface area contributed by atoms with Gasteiger partial charge in [-0.1, -0.05) is 20.3 Å². The molecule has 0 aliphatic rings. The van der Waals surface area contributed by atoms with Crippen molar-refractivity contribution in [1.29, 1.82) is 0 Å². The molecule has 104 valence electrons. The van der Waals surface area contributed by atoms with Gasteiger partial charge in [-0.25, -0.2) is 0 Å². The van der Waals surface area contributed by atoms with Crippen molar-refractivity contribution in [1.82, 2.24) is 20.0 Å². The van der Waals surface area contributed by atoms with E-state index in [1.807, 2.05) is 17.9 Å². The molecule has 0 amide bonds. The van der Waals surface area contributed by atoms with Crippen LogP contribution in [0.1, 0.15) is 38.7 Å². The fourth-order valence-corrected chi connectivity index (χ4v) is 2.26. The van der Waals surface area contributed by atoms with Gasteiger partial charge in [0.15, 0.2) is 0 Å². The van der Waals surface area contributed by atoms with Gasteiger partial charge in [-0.3, -0.25) is 4.68 Å². The molecule has 18 heavy (non-hydrogen) atoms. The fourth-order valence-electron chi connectivity index (χ4n) is 2.26. The molecule has 4 heteroatoms. The highest BCUT2D eigenvalue weighted by atomic mass is 15.2. The summed E-state index contributed by atoms with van der Waals surface area (Å²) in [7, 11) is 4.15. The quantitative estimate of drug-likeness (QED) is 0.730. The van der Waals surface area contributed by atoms with Crippen LogP contribution in [-0.2, 0) is 13.6 Å². The molecule has 0 aliphatic carbocycles. The predicted molar refractivity (Wildman–Crippen MR) is 76.5 cm³/mol. The molecule has 1 aromatic rings. The summed E-state index contributed by atoms with van der Waals surface area (Å²) in [5.41, 5.74) is 1.28. The molecule has 1 heterocycles. The highest BCUT2D eigenvalue weighted by molar-refractivity contribution is 5.03. The summed E-state index contributed by atoms with van der Waals surface area (Å²) in [6.07, 6.45) is 7.72. The summed E-state index contributed by atoms with van der Waals surface area (Å²) in [6, 6.07) is 0.608. The normalized spacial score (nSPS) is 13.2. The van der Waals surface area contributed by atoms with Crippen LogP contribution in [0, 0.1) is 0 Å². The van der Waals surface area contributed by atoms with Crippen LogP contribution in [0.3, 0.4) is 0 Å². The zero-order valence-corrected chi connectivity index (χ0v) is 12.3. The van der Waals surface area contributed by atoms with Crippen LogP contribution in [0.5, 0.6) is 0 Å². The van der Waals surface area contributed by atoms with E-state index >= 15 is 0 Å². The van der Waals surface area contributed by atoms with Gasteiger partial charge in [0.05, 0.1) is 6.20 Å². The third kappa shape index (κ3) is 5.65. The van der Waals surface area contributed by atoms with Crippen LogP contribution in [0.2, 0.25) is 0 Å². The van der Waals surface area contributed by atoms with Crippen molar-refractivity contribution in [3.05, 3.63) is 18.0 Å². The second-order valence-corrected chi connectivity index (χ2v) is 5.16. The van der Waals surface area contributed by atoms with E-state index < -0.39 is 0 Å². The first kappa shape index (κ1) is 15.2. The smallest absolute Gasteiger partial charge is 0.0534 e. The van der Waals surface area contributed by atoms with E-state index in [4.69, 9.17) is 0 Å². The van der Waals surface area contributed by atoms with Crippen LogP contribution >= 0.6 is 0 Å². The molecule has 0 spiro atoms. The zero-order chi connectivity index (χ0) is 13.4. The van der Waals surface area contributed by atoms with Crippen molar-refractivity contribution < 1.29 is 0 Å². The molecule has 1 unspecified atom stereocenters. The minimum absolute atomic E-state index is 0.608. The number of nitrogens with one attached hydrogen (secondary N) is 1. The van der Waals surface area contributed by atoms with Crippen molar-refractivity contribution in [3.8, 4) is 0 Å². The number of hydrogen-bond acceptors (Lipinski definition) is 3. The molecule has 0 fully saturated rings. The minimum atomic E-state index is 0.608. The van der Waals surface area contributed by atoms with Crippen LogP contribution in [0.4, 0.5) is 0 Å². The van der Waals surface area contributed by atoms with Gasteiger partial charge >= 0.3 is 0 Å². The Kier molecular flexibility index (Phi) is 6.98. The standard InChI is InChI=1S/C14H28N4/c1-5-7-14(15-8-6-2)12-17(3)10-13-9-16-18(4)11-13/h9,11,14-15H,5-8,10,12H2,1-4H3. The Labute approximate surface area is 111 Å². The maximum Gasteiger partial charge on any atom is 0.0534 e. The molecule has 1 atom stereocenters. The predicted octanol–water partition coefficient (Wildman–Crippen LogP) is 2.02. The lowest BCUT2D eigenvalue weighted by Gasteiger charge is -2.24. The van der Waals surface area contributed by atoms with Gasteiger partial charge in [0.25, 0.3) is 0 Å². The Morgan fingerprint density at radius 3 is 2.72 bits per heavy atom. The summed E-state index contributed by atoms with van der Waals surface area (Å²) in [4.78, 5) is 2.38. The van der Waals surface area contributed by atoms with Gasteiger partial charge in [0.2, 0.25) is 0 Å². The molecule has 0 saturated carbocycles. The van der Waals surface area contributed by atoms with E-state index in [1.165, 1.54) is 24.8 Å². The first-order valence-corrected chi connectivity index (χ1v) is 7.05. The van der Waals surface area contributed by atoms with Crippen molar-refractivity contribution in [2.45, 2.75) is 45.7 Å². The summed E-state index contributed by atoms with van der Waals surface area (Å²) in [5, 5.41) is 7.84. The van der Waals surface area contributed by atoms with Gasteiger partial charge < -0.3 is 10.2 Å². The van der Waals surface area contributed by atoms with E-state index in [0.29, 0.717) is 6.04 Å². The summed E-state index contributed by atoms with van der Waals surface area (Å²) < 4.78 is 1.86. The Hall–Kier alpha value is -0.870. The van der Waals surface area contributed by atoms with Crippen LogP contribution in [0.15, 0.2) is 12.4 Å². The molecular weight excluding hydrogens is 224 g/mol. The maximum atomic E-state index is 4.21. The highest BCUT2D eigenvalue weighted by Gasteiger charge is 2.10. The van der Waals surface area contributed by atoms with E-state index in [1.54, 1.807) is 0 Å². The van der Waals surface area contributed by atoms with E-state index in [9.17, 15) is 0 Å². The van der Waals surface area contributed by atoms with Crippen molar-refractivity contribution in [3.63, 3.8) is 0 Å². The summed E-state index contributed by atoms with van der Waals surface area (Å²) in [6.45, 7) is 7.66. The average Bonchev–Trinajstić information content (AvgIpc) is 2.71.